The molecular formula is C57H38N4O. The molecule has 0 saturated heterocycles. The van der Waals surface area contributed by atoms with Crippen LogP contribution in [0.2, 0.25) is 0 Å². The summed E-state index contributed by atoms with van der Waals surface area (Å²) in [7, 11) is 0. The van der Waals surface area contributed by atoms with Crippen LogP contribution < -0.4 is 4.90 Å². The van der Waals surface area contributed by atoms with Crippen molar-refractivity contribution >= 4 is 28.4 Å². The van der Waals surface area contributed by atoms with Gasteiger partial charge < -0.3 is 9.32 Å². The molecule has 0 amide bonds. The van der Waals surface area contributed by atoms with Gasteiger partial charge in [0.05, 0.1) is 6.04 Å². The third-order valence-electron chi connectivity index (χ3n) is 12.3. The lowest BCUT2D eigenvalue weighted by Crippen LogP contribution is -2.30. The minimum absolute atomic E-state index is 0.0940. The molecule has 0 N–H and O–H groups in total. The summed E-state index contributed by atoms with van der Waals surface area (Å²) in [5.74, 6) is 2.79. The molecule has 2 aromatic heterocycles. The van der Waals surface area contributed by atoms with Gasteiger partial charge >= 0.3 is 0 Å². The van der Waals surface area contributed by atoms with Crippen molar-refractivity contribution in [2.45, 2.75) is 12.0 Å². The SMILES string of the molecule is C1=CC2C(c3ccccc3N2c2ccc(-c3ccccc3)cc2)c2c1oc1cc(-c3nc(-c4ccc(-c5ccccc5)cc4)nc(-c4cccc(-c5ccccc5)c4)n3)ccc21. The molecular weight excluding hydrogens is 757 g/mol. The Morgan fingerprint density at radius 2 is 0.887 bits per heavy atom. The normalized spacial score (nSPS) is 15.0. The molecule has 0 saturated carbocycles. The van der Waals surface area contributed by atoms with Gasteiger partial charge in [-0.1, -0.05) is 182 Å². The van der Waals surface area contributed by atoms with Crippen LogP contribution in [-0.4, -0.2) is 21.0 Å². The lowest BCUT2D eigenvalue weighted by Gasteiger charge is -2.30. The van der Waals surface area contributed by atoms with Gasteiger partial charge in [-0.25, -0.2) is 15.0 Å². The van der Waals surface area contributed by atoms with Crippen LogP contribution in [0.25, 0.3) is 84.6 Å². The van der Waals surface area contributed by atoms with Crippen molar-refractivity contribution in [1.29, 1.82) is 0 Å². The van der Waals surface area contributed by atoms with E-state index < -0.39 is 0 Å². The van der Waals surface area contributed by atoms with Crippen molar-refractivity contribution in [2.24, 2.45) is 0 Å². The third-order valence-corrected chi connectivity index (χ3v) is 12.3. The fourth-order valence-corrected chi connectivity index (χ4v) is 9.32. The molecule has 12 rings (SSSR count). The number of furan rings is 1. The predicted molar refractivity (Wildman–Crippen MR) is 252 cm³/mol. The van der Waals surface area contributed by atoms with E-state index in [-0.39, 0.29) is 12.0 Å². The Kier molecular flexibility index (Phi) is 8.56. The second kappa shape index (κ2) is 14.8. The molecule has 5 nitrogen and oxygen atoms in total. The molecule has 2 atom stereocenters. The van der Waals surface area contributed by atoms with E-state index in [1.807, 2.05) is 12.1 Å². The molecule has 1 aliphatic heterocycles. The van der Waals surface area contributed by atoms with Gasteiger partial charge in [-0.05, 0) is 75.4 Å². The van der Waals surface area contributed by atoms with Crippen LogP contribution in [0.3, 0.4) is 0 Å². The van der Waals surface area contributed by atoms with Crippen LogP contribution >= 0.6 is 0 Å². The lowest BCUT2D eigenvalue weighted by atomic mass is 9.82. The standard InChI is InChI=1S/C57H38N4O/c1-4-13-37(14-5-1)40-23-25-42(26-24-40)55-58-56(44-20-12-19-43(35-44)39-17-8-3-9-18-39)60-57(59-55)45-29-32-48-52(36-45)62-51-34-33-50-53(54(48)51)47-21-10-11-22-49(47)61(50)46-30-27-41(28-31-46)38-15-6-2-7-16-38/h1-36,50,53H. The minimum atomic E-state index is 0.0940. The average molecular weight is 795 g/mol. The van der Waals surface area contributed by atoms with Gasteiger partial charge in [-0.3, -0.25) is 0 Å². The molecule has 1 aliphatic carbocycles. The van der Waals surface area contributed by atoms with Crippen molar-refractivity contribution in [3.63, 3.8) is 0 Å². The zero-order valence-corrected chi connectivity index (χ0v) is 33.6. The van der Waals surface area contributed by atoms with Crippen LogP contribution in [0.5, 0.6) is 0 Å². The zero-order chi connectivity index (χ0) is 41.0. The van der Waals surface area contributed by atoms with Crippen molar-refractivity contribution in [2.75, 3.05) is 4.90 Å². The summed E-state index contributed by atoms with van der Waals surface area (Å²) in [5, 5.41) is 1.10. The summed E-state index contributed by atoms with van der Waals surface area (Å²) in [6.45, 7) is 0. The summed E-state index contributed by atoms with van der Waals surface area (Å²) in [5.41, 5.74) is 15.3. The number of benzene rings is 8. The number of aromatic nitrogens is 3. The monoisotopic (exact) mass is 794 g/mol. The van der Waals surface area contributed by atoms with Crippen molar-refractivity contribution in [1.82, 2.24) is 15.0 Å². The Labute approximate surface area is 360 Å². The highest BCUT2D eigenvalue weighted by molar-refractivity contribution is 5.92. The predicted octanol–water partition coefficient (Wildman–Crippen LogP) is 14.3. The number of nitrogens with zero attached hydrogens (tertiary/aromatic N) is 4. The highest BCUT2D eigenvalue weighted by Gasteiger charge is 2.43. The van der Waals surface area contributed by atoms with E-state index >= 15 is 0 Å². The van der Waals surface area contributed by atoms with Gasteiger partial charge in [-0.15, -0.1) is 0 Å². The molecule has 0 spiro atoms. The molecule has 2 unspecified atom stereocenters. The Hall–Kier alpha value is -8.15. The van der Waals surface area contributed by atoms with E-state index in [4.69, 9.17) is 19.4 Å². The van der Waals surface area contributed by atoms with E-state index in [1.54, 1.807) is 0 Å². The maximum absolute atomic E-state index is 6.75. The third kappa shape index (κ3) is 6.22. The highest BCUT2D eigenvalue weighted by Crippen LogP contribution is 2.53. The van der Waals surface area contributed by atoms with E-state index in [2.05, 4.69) is 211 Å². The van der Waals surface area contributed by atoms with E-state index in [0.29, 0.717) is 17.5 Å². The maximum Gasteiger partial charge on any atom is 0.164 e. The molecule has 0 radical (unpaired) electrons. The van der Waals surface area contributed by atoms with Crippen LogP contribution in [0.4, 0.5) is 11.4 Å². The molecule has 292 valence electrons. The summed E-state index contributed by atoms with van der Waals surface area (Å²) in [6, 6.07) is 72.5. The molecule has 10 aromatic rings. The molecule has 0 fully saturated rings. The first-order valence-electron chi connectivity index (χ1n) is 21.1. The number of anilines is 2. The van der Waals surface area contributed by atoms with Gasteiger partial charge in [0.1, 0.15) is 11.3 Å². The highest BCUT2D eigenvalue weighted by atomic mass is 16.3. The Morgan fingerprint density at radius 1 is 0.403 bits per heavy atom. The Bertz CT molecular complexity index is 3290. The number of hydrogen-bond donors (Lipinski definition) is 0. The minimum Gasteiger partial charge on any atom is -0.456 e. The van der Waals surface area contributed by atoms with E-state index in [9.17, 15) is 0 Å². The van der Waals surface area contributed by atoms with Crippen LogP contribution in [0.15, 0.2) is 217 Å². The van der Waals surface area contributed by atoms with Gasteiger partial charge in [0, 0.05) is 44.9 Å². The summed E-state index contributed by atoms with van der Waals surface area (Å²) < 4.78 is 6.75. The quantitative estimate of drug-likeness (QED) is 0.161. The van der Waals surface area contributed by atoms with Gasteiger partial charge in [0.2, 0.25) is 0 Å². The number of fused-ring (bicyclic) bond motifs is 7. The summed E-state index contributed by atoms with van der Waals surface area (Å²) in [4.78, 5) is 17.9. The second-order valence-electron chi connectivity index (χ2n) is 16.0. The molecule has 5 heteroatoms. The molecule has 3 heterocycles. The second-order valence-corrected chi connectivity index (χ2v) is 16.0. The Balaban J connectivity index is 0.938. The number of hydrogen-bond acceptors (Lipinski definition) is 5. The first-order valence-corrected chi connectivity index (χ1v) is 21.1. The lowest BCUT2D eigenvalue weighted by molar-refractivity contribution is 0.584. The van der Waals surface area contributed by atoms with E-state index in [1.165, 1.54) is 33.6 Å². The van der Waals surface area contributed by atoms with Crippen LogP contribution in [0, 0.1) is 0 Å². The number of rotatable bonds is 7. The van der Waals surface area contributed by atoms with Gasteiger partial charge in [-0.2, -0.15) is 0 Å². The maximum atomic E-state index is 6.75. The van der Waals surface area contributed by atoms with Crippen LogP contribution in [0.1, 0.15) is 22.8 Å². The summed E-state index contributed by atoms with van der Waals surface area (Å²) in [6.07, 6.45) is 4.46. The molecule has 8 aromatic carbocycles. The van der Waals surface area contributed by atoms with Gasteiger partial charge in [0.25, 0.3) is 0 Å². The number of para-hydroxylation sites is 1. The fraction of sp³-hybridized carbons (Fsp3) is 0.0351. The molecule has 0 bridgehead atoms. The fourth-order valence-electron chi connectivity index (χ4n) is 9.32. The average Bonchev–Trinajstić information content (AvgIpc) is 3.90. The smallest absolute Gasteiger partial charge is 0.164 e. The molecule has 62 heavy (non-hydrogen) atoms. The topological polar surface area (TPSA) is 55.1 Å². The van der Waals surface area contributed by atoms with Crippen LogP contribution in [-0.2, 0) is 0 Å². The van der Waals surface area contributed by atoms with Crippen molar-refractivity contribution in [3.8, 4) is 67.5 Å². The first-order chi connectivity index (χ1) is 30.7. The largest absolute Gasteiger partial charge is 0.456 e. The molecule has 2 aliphatic rings. The van der Waals surface area contributed by atoms with E-state index in [0.717, 1.165) is 55.7 Å². The summed E-state index contributed by atoms with van der Waals surface area (Å²) >= 11 is 0. The first kappa shape index (κ1) is 35.8. The van der Waals surface area contributed by atoms with Crippen molar-refractivity contribution < 1.29 is 4.42 Å². The van der Waals surface area contributed by atoms with Crippen molar-refractivity contribution in [3.05, 3.63) is 229 Å². The zero-order valence-electron chi connectivity index (χ0n) is 33.6. The van der Waals surface area contributed by atoms with Gasteiger partial charge in [0.15, 0.2) is 17.5 Å². The Morgan fingerprint density at radius 3 is 1.55 bits per heavy atom.